The number of fused-ring (bicyclic) bond motifs is 5. The number of hydrogen-bond donors (Lipinski definition) is 0. The average Bonchev–Trinajstić information content (AvgIpc) is 3.51. The third kappa shape index (κ3) is 4.09. The van der Waals surface area contributed by atoms with Crippen LogP contribution in [0.4, 0.5) is 0 Å². The Kier molecular flexibility index (Phi) is 6.29. The molecular weight excluding hydrogens is 440 g/mol. The minimum absolute atomic E-state index is 0.0461. The Hall–Kier alpha value is -2.95. The molecule has 6 unspecified atom stereocenters. The van der Waals surface area contributed by atoms with E-state index in [0.29, 0.717) is 17.5 Å². The van der Waals surface area contributed by atoms with Crippen LogP contribution in [0.1, 0.15) is 90.6 Å². The normalized spacial score (nSPS) is 29.0. The lowest BCUT2D eigenvalue weighted by Crippen LogP contribution is -2.46. The summed E-state index contributed by atoms with van der Waals surface area (Å²) in [6.45, 7) is 8.19. The zero-order valence-electron chi connectivity index (χ0n) is 20.9. The van der Waals surface area contributed by atoms with Crippen molar-refractivity contribution in [2.45, 2.75) is 71.0 Å². The first kappa shape index (κ1) is 23.8. The van der Waals surface area contributed by atoms with Crippen LogP contribution in [0.2, 0.25) is 0 Å². The van der Waals surface area contributed by atoms with Crippen molar-refractivity contribution in [3.05, 3.63) is 70.8 Å². The van der Waals surface area contributed by atoms with Crippen molar-refractivity contribution in [1.29, 1.82) is 0 Å². The van der Waals surface area contributed by atoms with E-state index in [4.69, 9.17) is 9.47 Å². The first-order valence-corrected chi connectivity index (χ1v) is 12.9. The van der Waals surface area contributed by atoms with E-state index in [1.807, 2.05) is 50.2 Å². The van der Waals surface area contributed by atoms with Crippen LogP contribution in [-0.4, -0.2) is 29.9 Å². The second-order valence-corrected chi connectivity index (χ2v) is 11.0. The van der Waals surface area contributed by atoms with Gasteiger partial charge in [-0.15, -0.1) is 0 Å². The van der Waals surface area contributed by atoms with E-state index in [0.717, 1.165) is 24.0 Å². The molecule has 35 heavy (non-hydrogen) atoms. The van der Waals surface area contributed by atoms with Gasteiger partial charge in [0, 0.05) is 24.2 Å². The fraction of sp³-hybridized carbons (Fsp3) is 0.500. The molecule has 0 saturated heterocycles. The predicted molar refractivity (Wildman–Crippen MR) is 132 cm³/mol. The van der Waals surface area contributed by atoms with Gasteiger partial charge < -0.3 is 9.47 Å². The lowest BCUT2D eigenvalue weighted by Gasteiger charge is -2.36. The van der Waals surface area contributed by atoms with E-state index in [2.05, 4.69) is 13.8 Å². The zero-order chi connectivity index (χ0) is 24.9. The van der Waals surface area contributed by atoms with Gasteiger partial charge in [-0.05, 0) is 53.9 Å². The Labute approximate surface area is 207 Å². The van der Waals surface area contributed by atoms with Crippen molar-refractivity contribution >= 4 is 17.7 Å². The molecule has 184 valence electrons. The zero-order valence-corrected chi connectivity index (χ0v) is 20.9. The fourth-order valence-corrected chi connectivity index (χ4v) is 6.83. The molecule has 0 N–H and O–H groups in total. The summed E-state index contributed by atoms with van der Waals surface area (Å²) in [6.07, 6.45) is 1.02. The van der Waals surface area contributed by atoms with Crippen molar-refractivity contribution in [3.8, 4) is 0 Å². The number of benzene rings is 2. The summed E-state index contributed by atoms with van der Waals surface area (Å²) in [7, 11) is 0. The molecule has 3 saturated carbocycles. The van der Waals surface area contributed by atoms with Gasteiger partial charge in [0.05, 0.1) is 11.1 Å². The minimum atomic E-state index is -0.605. The number of carbonyl (C=O) groups excluding carboxylic acids is 3. The van der Waals surface area contributed by atoms with Gasteiger partial charge in [-0.2, -0.15) is 0 Å². The molecule has 3 fully saturated rings. The molecule has 0 amide bonds. The first-order chi connectivity index (χ1) is 16.8. The quantitative estimate of drug-likeness (QED) is 0.486. The van der Waals surface area contributed by atoms with Crippen LogP contribution in [0.5, 0.6) is 0 Å². The summed E-state index contributed by atoms with van der Waals surface area (Å²) >= 11 is 0. The highest BCUT2D eigenvalue weighted by Gasteiger charge is 2.64. The van der Waals surface area contributed by atoms with Crippen LogP contribution in [0.15, 0.2) is 48.5 Å². The van der Waals surface area contributed by atoms with E-state index in [1.165, 1.54) is 0 Å². The molecule has 0 aromatic heterocycles. The third-order valence-electron chi connectivity index (χ3n) is 8.37. The number of carbonyl (C=O) groups is 3. The average molecular weight is 475 g/mol. The maximum atomic E-state index is 13.4. The largest absolute Gasteiger partial charge is 0.454 e. The van der Waals surface area contributed by atoms with Crippen molar-refractivity contribution in [1.82, 2.24) is 0 Å². The molecular formula is C30H34O5. The van der Waals surface area contributed by atoms with Crippen molar-refractivity contribution in [2.75, 3.05) is 0 Å². The van der Waals surface area contributed by atoms with E-state index in [-0.39, 0.29) is 47.3 Å². The van der Waals surface area contributed by atoms with Crippen LogP contribution in [0, 0.1) is 23.7 Å². The number of rotatable bonds is 6. The lowest BCUT2D eigenvalue weighted by molar-refractivity contribution is -0.127. The lowest BCUT2D eigenvalue weighted by atomic mass is 9.78. The first-order valence-electron chi connectivity index (χ1n) is 12.9. The van der Waals surface area contributed by atoms with Crippen LogP contribution in [-0.2, 0) is 14.3 Å². The van der Waals surface area contributed by atoms with Crippen molar-refractivity contribution in [3.63, 3.8) is 0 Å². The minimum Gasteiger partial charge on any atom is -0.454 e. The molecule has 2 bridgehead atoms. The predicted octanol–water partition coefficient (Wildman–Crippen LogP) is 5.93. The SMILES string of the molecule is CC(C)c1ccccc1C(=O)OC1C2CC(C1OC(=O)c1ccccc1C(C)C)C1C(=O)CCC21. The molecule has 0 heterocycles. The molecule has 0 spiro atoms. The van der Waals surface area contributed by atoms with Gasteiger partial charge in [0.1, 0.15) is 18.0 Å². The van der Waals surface area contributed by atoms with Gasteiger partial charge in [0.25, 0.3) is 0 Å². The van der Waals surface area contributed by atoms with E-state index < -0.39 is 18.2 Å². The molecule has 6 atom stereocenters. The van der Waals surface area contributed by atoms with E-state index >= 15 is 0 Å². The second kappa shape index (κ2) is 9.25. The molecule has 5 rings (SSSR count). The summed E-state index contributed by atoms with van der Waals surface area (Å²) in [4.78, 5) is 39.5. The van der Waals surface area contributed by atoms with E-state index in [9.17, 15) is 14.4 Å². The monoisotopic (exact) mass is 474 g/mol. The van der Waals surface area contributed by atoms with Crippen molar-refractivity contribution < 1.29 is 23.9 Å². The smallest absolute Gasteiger partial charge is 0.338 e. The Morgan fingerprint density at radius 1 is 0.743 bits per heavy atom. The Bertz CT molecular complexity index is 1150. The highest BCUT2D eigenvalue weighted by molar-refractivity contribution is 5.93. The molecule has 0 radical (unpaired) electrons. The molecule has 3 aliphatic rings. The molecule has 0 aliphatic heterocycles. The maximum Gasteiger partial charge on any atom is 0.338 e. The summed E-state index contributed by atoms with van der Waals surface area (Å²) < 4.78 is 12.3. The van der Waals surface area contributed by atoms with Gasteiger partial charge in [0.15, 0.2) is 0 Å². The number of ether oxygens (including phenoxy) is 2. The highest BCUT2D eigenvalue weighted by atomic mass is 16.6. The Morgan fingerprint density at radius 3 is 1.74 bits per heavy atom. The van der Waals surface area contributed by atoms with E-state index in [1.54, 1.807) is 12.1 Å². The summed E-state index contributed by atoms with van der Waals surface area (Å²) in [5.74, 6) is -0.0926. The molecule has 2 aromatic carbocycles. The van der Waals surface area contributed by atoms with Crippen LogP contribution in [0.3, 0.4) is 0 Å². The topological polar surface area (TPSA) is 69.7 Å². The number of Topliss-reactive ketones (excluding diaryl/α,β-unsaturated/α-hetero) is 1. The number of ketones is 1. The van der Waals surface area contributed by atoms with Gasteiger partial charge in [-0.25, -0.2) is 9.59 Å². The van der Waals surface area contributed by atoms with Crippen molar-refractivity contribution in [2.24, 2.45) is 23.7 Å². The number of hydrogen-bond acceptors (Lipinski definition) is 5. The summed E-state index contributed by atoms with van der Waals surface area (Å²) in [6, 6.07) is 15.0. The Morgan fingerprint density at radius 2 is 1.23 bits per heavy atom. The Balaban J connectivity index is 1.44. The van der Waals surface area contributed by atoms with Gasteiger partial charge in [-0.1, -0.05) is 64.1 Å². The highest BCUT2D eigenvalue weighted by Crippen LogP contribution is 2.59. The molecule has 5 heteroatoms. The van der Waals surface area contributed by atoms with Gasteiger partial charge in [-0.3, -0.25) is 4.79 Å². The maximum absolute atomic E-state index is 13.4. The van der Waals surface area contributed by atoms with Crippen LogP contribution >= 0.6 is 0 Å². The summed E-state index contributed by atoms with van der Waals surface area (Å²) in [5, 5.41) is 0. The van der Waals surface area contributed by atoms with Gasteiger partial charge in [0.2, 0.25) is 0 Å². The number of esters is 2. The van der Waals surface area contributed by atoms with Gasteiger partial charge >= 0.3 is 11.9 Å². The molecule has 3 aliphatic carbocycles. The second-order valence-electron chi connectivity index (χ2n) is 11.0. The van der Waals surface area contributed by atoms with Crippen LogP contribution < -0.4 is 0 Å². The fourth-order valence-electron chi connectivity index (χ4n) is 6.83. The standard InChI is InChI=1S/C30H34O5/c1-16(2)18-9-5-7-11-21(18)29(32)34-27-23-15-24(26-20(23)13-14-25(26)31)28(27)35-30(33)22-12-8-6-10-19(22)17(3)4/h5-12,16-17,20,23-24,26-28H,13-15H2,1-4H3. The molecule has 5 nitrogen and oxygen atoms in total. The molecule has 2 aromatic rings. The third-order valence-corrected chi connectivity index (χ3v) is 8.37. The van der Waals surface area contributed by atoms with Crippen LogP contribution in [0.25, 0.3) is 0 Å². The summed E-state index contributed by atoms with van der Waals surface area (Å²) in [5.41, 5.74) is 2.96.